The average Bonchev–Trinajstić information content (AvgIpc) is 2.18. The van der Waals surface area contributed by atoms with E-state index in [9.17, 15) is 5.11 Å². The lowest BCUT2D eigenvalue weighted by Gasteiger charge is -2.37. The summed E-state index contributed by atoms with van der Waals surface area (Å²) >= 11 is 2.05. The van der Waals surface area contributed by atoms with E-state index in [2.05, 4.69) is 13.8 Å². The SMILES string of the molecule is CCC(C)SC1CCCC(N)(CO)C1. The Labute approximate surface area is 91.6 Å². The molecule has 0 radical (unpaired) electrons. The molecule has 0 aromatic carbocycles. The van der Waals surface area contributed by atoms with Gasteiger partial charge in [0.05, 0.1) is 6.61 Å². The van der Waals surface area contributed by atoms with Gasteiger partial charge in [-0.05, 0) is 25.7 Å². The fourth-order valence-corrected chi connectivity index (χ4v) is 3.60. The first-order valence-corrected chi connectivity index (χ1v) is 6.59. The molecule has 1 aliphatic carbocycles. The Hall–Kier alpha value is 0.270. The minimum Gasteiger partial charge on any atom is -0.394 e. The number of thioether (sulfide) groups is 1. The van der Waals surface area contributed by atoms with Crippen molar-refractivity contribution in [3.05, 3.63) is 0 Å². The molecule has 0 aromatic heterocycles. The molecule has 0 saturated heterocycles. The van der Waals surface area contributed by atoms with Crippen molar-refractivity contribution in [3.8, 4) is 0 Å². The quantitative estimate of drug-likeness (QED) is 0.758. The van der Waals surface area contributed by atoms with Crippen molar-refractivity contribution in [3.63, 3.8) is 0 Å². The second-order valence-electron chi connectivity index (χ2n) is 4.59. The smallest absolute Gasteiger partial charge is 0.0611 e. The normalized spacial score (nSPS) is 35.6. The van der Waals surface area contributed by atoms with Gasteiger partial charge in [0.2, 0.25) is 0 Å². The summed E-state index contributed by atoms with van der Waals surface area (Å²) in [4.78, 5) is 0. The molecule has 0 bridgehead atoms. The lowest BCUT2D eigenvalue weighted by atomic mass is 9.83. The van der Waals surface area contributed by atoms with Crippen molar-refractivity contribution in [1.82, 2.24) is 0 Å². The largest absolute Gasteiger partial charge is 0.394 e. The van der Waals surface area contributed by atoms with E-state index in [1.165, 1.54) is 19.3 Å². The number of aliphatic hydroxyl groups excluding tert-OH is 1. The van der Waals surface area contributed by atoms with Crippen LogP contribution in [0.25, 0.3) is 0 Å². The zero-order chi connectivity index (χ0) is 10.6. The fourth-order valence-electron chi connectivity index (χ4n) is 2.02. The molecule has 2 nitrogen and oxygen atoms in total. The molecule has 0 heterocycles. The second-order valence-corrected chi connectivity index (χ2v) is 6.34. The van der Waals surface area contributed by atoms with E-state index in [1.807, 2.05) is 11.8 Å². The summed E-state index contributed by atoms with van der Waals surface area (Å²) in [5.74, 6) is 0. The number of hydrogen-bond acceptors (Lipinski definition) is 3. The zero-order valence-corrected chi connectivity index (χ0v) is 10.1. The molecule has 0 spiro atoms. The molecular formula is C11H23NOS. The molecule has 84 valence electrons. The summed E-state index contributed by atoms with van der Waals surface area (Å²) in [6.07, 6.45) is 5.64. The Morgan fingerprint density at radius 1 is 1.64 bits per heavy atom. The topological polar surface area (TPSA) is 46.2 Å². The summed E-state index contributed by atoms with van der Waals surface area (Å²) in [6.45, 7) is 4.64. The van der Waals surface area contributed by atoms with Gasteiger partial charge in [0.15, 0.2) is 0 Å². The van der Waals surface area contributed by atoms with Crippen LogP contribution in [0.15, 0.2) is 0 Å². The van der Waals surface area contributed by atoms with Gasteiger partial charge in [-0.15, -0.1) is 0 Å². The zero-order valence-electron chi connectivity index (χ0n) is 9.33. The highest BCUT2D eigenvalue weighted by Crippen LogP contribution is 2.35. The van der Waals surface area contributed by atoms with Gasteiger partial charge in [0.1, 0.15) is 0 Å². The van der Waals surface area contributed by atoms with E-state index >= 15 is 0 Å². The number of hydrogen-bond donors (Lipinski definition) is 2. The van der Waals surface area contributed by atoms with Gasteiger partial charge in [-0.1, -0.05) is 20.3 Å². The van der Waals surface area contributed by atoms with Crippen molar-refractivity contribution >= 4 is 11.8 Å². The van der Waals surface area contributed by atoms with E-state index in [-0.39, 0.29) is 12.1 Å². The molecule has 0 aromatic rings. The molecule has 3 atom stereocenters. The molecule has 1 aliphatic rings. The molecule has 1 rings (SSSR count). The Morgan fingerprint density at radius 2 is 2.36 bits per heavy atom. The molecule has 14 heavy (non-hydrogen) atoms. The maximum atomic E-state index is 9.23. The summed E-state index contributed by atoms with van der Waals surface area (Å²) in [5.41, 5.74) is 5.81. The number of nitrogens with two attached hydrogens (primary N) is 1. The van der Waals surface area contributed by atoms with E-state index in [4.69, 9.17) is 5.73 Å². The third-order valence-electron chi connectivity index (χ3n) is 3.15. The van der Waals surface area contributed by atoms with Crippen molar-refractivity contribution < 1.29 is 5.11 Å². The summed E-state index contributed by atoms with van der Waals surface area (Å²) in [6, 6.07) is 0. The van der Waals surface area contributed by atoms with Crippen molar-refractivity contribution in [2.24, 2.45) is 5.73 Å². The molecule has 3 unspecified atom stereocenters. The maximum absolute atomic E-state index is 9.23. The number of aliphatic hydroxyl groups is 1. The first-order chi connectivity index (χ1) is 6.59. The van der Waals surface area contributed by atoms with Gasteiger partial charge in [0.25, 0.3) is 0 Å². The molecule has 1 saturated carbocycles. The molecule has 0 amide bonds. The standard InChI is InChI=1S/C11H23NOS/c1-3-9(2)14-10-5-4-6-11(12,7-10)8-13/h9-10,13H,3-8,12H2,1-2H3. The van der Waals surface area contributed by atoms with Crippen LogP contribution in [0.3, 0.4) is 0 Å². The van der Waals surface area contributed by atoms with Crippen molar-refractivity contribution in [1.29, 1.82) is 0 Å². The van der Waals surface area contributed by atoms with Gasteiger partial charge in [0, 0.05) is 16.0 Å². The Balaban J connectivity index is 2.40. The van der Waals surface area contributed by atoms with Crippen LogP contribution < -0.4 is 5.73 Å². The lowest BCUT2D eigenvalue weighted by Crippen LogP contribution is -2.48. The molecule has 3 heteroatoms. The first kappa shape index (κ1) is 12.3. The van der Waals surface area contributed by atoms with Crippen LogP contribution in [-0.2, 0) is 0 Å². The molecule has 1 fully saturated rings. The fraction of sp³-hybridized carbons (Fsp3) is 1.00. The summed E-state index contributed by atoms with van der Waals surface area (Å²) in [7, 11) is 0. The first-order valence-electron chi connectivity index (χ1n) is 5.65. The van der Waals surface area contributed by atoms with Crippen LogP contribution in [0.5, 0.6) is 0 Å². The highest BCUT2D eigenvalue weighted by molar-refractivity contribution is 8.00. The average molecular weight is 217 g/mol. The van der Waals surface area contributed by atoms with Crippen LogP contribution in [0, 0.1) is 0 Å². The lowest BCUT2D eigenvalue weighted by molar-refractivity contribution is 0.159. The minimum atomic E-state index is -0.288. The third kappa shape index (κ3) is 3.44. The van der Waals surface area contributed by atoms with Crippen LogP contribution in [0.2, 0.25) is 0 Å². The second kappa shape index (κ2) is 5.38. The van der Waals surface area contributed by atoms with Crippen LogP contribution in [0.1, 0.15) is 46.0 Å². The molecular weight excluding hydrogens is 194 g/mol. The predicted octanol–water partition coefficient (Wildman–Crippen LogP) is 2.15. The van der Waals surface area contributed by atoms with E-state index in [0.717, 1.165) is 18.1 Å². The van der Waals surface area contributed by atoms with Crippen molar-refractivity contribution in [2.45, 2.75) is 62.0 Å². The summed E-state index contributed by atoms with van der Waals surface area (Å²) < 4.78 is 0. The third-order valence-corrected chi connectivity index (χ3v) is 4.73. The van der Waals surface area contributed by atoms with Gasteiger partial charge >= 0.3 is 0 Å². The molecule has 0 aliphatic heterocycles. The van der Waals surface area contributed by atoms with Gasteiger partial charge in [-0.3, -0.25) is 0 Å². The summed E-state index contributed by atoms with van der Waals surface area (Å²) in [5, 5.41) is 10.6. The van der Waals surface area contributed by atoms with E-state index in [1.54, 1.807) is 0 Å². The number of rotatable bonds is 4. The highest BCUT2D eigenvalue weighted by Gasteiger charge is 2.32. The van der Waals surface area contributed by atoms with Crippen LogP contribution in [0.4, 0.5) is 0 Å². The van der Waals surface area contributed by atoms with Crippen molar-refractivity contribution in [2.75, 3.05) is 6.61 Å². The minimum absolute atomic E-state index is 0.143. The maximum Gasteiger partial charge on any atom is 0.0611 e. The van der Waals surface area contributed by atoms with Gasteiger partial charge in [-0.2, -0.15) is 11.8 Å². The Morgan fingerprint density at radius 3 is 2.93 bits per heavy atom. The van der Waals surface area contributed by atoms with Gasteiger partial charge < -0.3 is 10.8 Å². The predicted molar refractivity (Wildman–Crippen MR) is 63.6 cm³/mol. The highest BCUT2D eigenvalue weighted by atomic mass is 32.2. The Bertz CT molecular complexity index is 177. The monoisotopic (exact) mass is 217 g/mol. The van der Waals surface area contributed by atoms with E-state index < -0.39 is 0 Å². The van der Waals surface area contributed by atoms with Crippen LogP contribution in [-0.4, -0.2) is 27.8 Å². The molecule has 3 N–H and O–H groups in total. The van der Waals surface area contributed by atoms with Crippen LogP contribution >= 0.6 is 11.8 Å². The Kier molecular flexibility index (Phi) is 4.74. The van der Waals surface area contributed by atoms with E-state index in [0.29, 0.717) is 5.25 Å². The van der Waals surface area contributed by atoms with Gasteiger partial charge in [-0.25, -0.2) is 0 Å².